The fraction of sp³-hybridized carbons (Fsp3) is 0.458. The van der Waals surface area contributed by atoms with Gasteiger partial charge in [-0.15, -0.1) is 0 Å². The van der Waals surface area contributed by atoms with E-state index in [0.29, 0.717) is 18.7 Å². The minimum Gasteiger partial charge on any atom is -0.497 e. The Morgan fingerprint density at radius 2 is 1.58 bits per heavy atom. The Kier molecular flexibility index (Phi) is 7.96. The number of rotatable bonds is 8. The lowest BCUT2D eigenvalue weighted by molar-refractivity contribution is -0.137. The second-order valence-electron chi connectivity index (χ2n) is 7.94. The molecule has 1 heterocycles. The van der Waals surface area contributed by atoms with Gasteiger partial charge in [0.05, 0.1) is 19.1 Å². The lowest BCUT2D eigenvalue weighted by Gasteiger charge is -2.30. The average molecular weight is 435 g/mol. The Bertz CT molecular complexity index is 829. The first-order valence-corrected chi connectivity index (χ1v) is 10.6. The molecule has 0 spiro atoms. The summed E-state index contributed by atoms with van der Waals surface area (Å²) in [4.78, 5) is 17.2. The van der Waals surface area contributed by atoms with Crippen molar-refractivity contribution >= 4 is 5.91 Å². The van der Waals surface area contributed by atoms with Crippen molar-refractivity contribution in [2.75, 3.05) is 33.3 Å². The first kappa shape index (κ1) is 23.1. The van der Waals surface area contributed by atoms with Gasteiger partial charge in [0.2, 0.25) is 5.91 Å². The average Bonchev–Trinajstić information content (AvgIpc) is 2.77. The number of benzene rings is 2. The van der Waals surface area contributed by atoms with Crippen LogP contribution in [0.2, 0.25) is 0 Å². The molecule has 2 aromatic carbocycles. The van der Waals surface area contributed by atoms with Crippen LogP contribution in [0.25, 0.3) is 0 Å². The number of methoxy groups -OCH3 is 1. The molecule has 1 aliphatic heterocycles. The van der Waals surface area contributed by atoms with Gasteiger partial charge in [-0.05, 0) is 61.3 Å². The van der Waals surface area contributed by atoms with Crippen LogP contribution in [0, 0.1) is 0 Å². The zero-order chi connectivity index (χ0) is 22.3. The van der Waals surface area contributed by atoms with E-state index in [1.54, 1.807) is 12.0 Å². The van der Waals surface area contributed by atoms with Crippen molar-refractivity contribution in [2.24, 2.45) is 0 Å². The molecule has 1 aliphatic rings. The van der Waals surface area contributed by atoms with Crippen LogP contribution in [0.1, 0.15) is 36.0 Å². The molecule has 1 saturated heterocycles. The number of piperidine rings is 1. The highest BCUT2D eigenvalue weighted by atomic mass is 19.4. The fourth-order valence-electron chi connectivity index (χ4n) is 3.79. The summed E-state index contributed by atoms with van der Waals surface area (Å²) < 4.78 is 43.7. The van der Waals surface area contributed by atoms with Crippen molar-refractivity contribution in [2.45, 2.75) is 38.4 Å². The molecule has 7 heteroatoms. The third kappa shape index (κ3) is 6.99. The van der Waals surface area contributed by atoms with E-state index in [9.17, 15) is 18.0 Å². The van der Waals surface area contributed by atoms with E-state index in [1.165, 1.54) is 31.4 Å². The van der Waals surface area contributed by atoms with Crippen LogP contribution in [0.3, 0.4) is 0 Å². The van der Waals surface area contributed by atoms with Crippen LogP contribution in [-0.4, -0.2) is 49.0 Å². The van der Waals surface area contributed by atoms with Gasteiger partial charge in [-0.25, -0.2) is 0 Å². The highest BCUT2D eigenvalue weighted by molar-refractivity contribution is 5.78. The summed E-state index contributed by atoms with van der Waals surface area (Å²) in [6, 6.07) is 12.4. The fourth-order valence-corrected chi connectivity index (χ4v) is 3.79. The summed E-state index contributed by atoms with van der Waals surface area (Å²) in [5.74, 6) is 0.685. The molecule has 0 N–H and O–H groups in total. The molecule has 0 atom stereocenters. The SMILES string of the molecule is COc1ccc(CC(=O)N(CCN2CCCCC2)Cc2ccc(C(F)(F)F)cc2)cc1. The van der Waals surface area contributed by atoms with E-state index in [-0.39, 0.29) is 12.3 Å². The Morgan fingerprint density at radius 3 is 2.16 bits per heavy atom. The lowest BCUT2D eigenvalue weighted by atomic mass is 10.1. The maximum absolute atomic E-state index is 13.1. The standard InChI is InChI=1S/C24H29F3N2O2/c1-31-22-11-7-19(8-12-22)17-23(30)29(16-15-28-13-3-2-4-14-28)18-20-5-9-21(10-6-20)24(25,26)27/h5-12H,2-4,13-18H2,1H3. The first-order chi connectivity index (χ1) is 14.8. The van der Waals surface area contributed by atoms with Crippen molar-refractivity contribution in [3.63, 3.8) is 0 Å². The topological polar surface area (TPSA) is 32.8 Å². The molecule has 4 nitrogen and oxygen atoms in total. The largest absolute Gasteiger partial charge is 0.497 e. The molecule has 168 valence electrons. The molecule has 0 aromatic heterocycles. The van der Waals surface area contributed by atoms with Gasteiger partial charge in [-0.1, -0.05) is 30.7 Å². The number of amides is 1. The Hall–Kier alpha value is -2.54. The number of nitrogens with zero attached hydrogens (tertiary/aromatic N) is 2. The summed E-state index contributed by atoms with van der Waals surface area (Å²) in [5, 5.41) is 0. The first-order valence-electron chi connectivity index (χ1n) is 10.6. The molecule has 1 amide bonds. The highest BCUT2D eigenvalue weighted by Gasteiger charge is 2.30. The number of halogens is 3. The number of likely N-dealkylation sites (tertiary alicyclic amines) is 1. The Labute approximate surface area is 181 Å². The maximum atomic E-state index is 13.1. The van der Waals surface area contributed by atoms with E-state index in [1.807, 2.05) is 24.3 Å². The van der Waals surface area contributed by atoms with Crippen molar-refractivity contribution in [3.05, 3.63) is 65.2 Å². The molecule has 0 saturated carbocycles. The van der Waals surface area contributed by atoms with Crippen LogP contribution in [0.5, 0.6) is 5.75 Å². The maximum Gasteiger partial charge on any atom is 0.416 e. The summed E-state index contributed by atoms with van der Waals surface area (Å²) >= 11 is 0. The zero-order valence-corrected chi connectivity index (χ0v) is 17.8. The summed E-state index contributed by atoms with van der Waals surface area (Å²) in [7, 11) is 1.59. The smallest absolute Gasteiger partial charge is 0.416 e. The summed E-state index contributed by atoms with van der Waals surface area (Å²) in [6.07, 6.45) is -0.555. The summed E-state index contributed by atoms with van der Waals surface area (Å²) in [6.45, 7) is 3.67. The molecule has 0 aliphatic carbocycles. The highest BCUT2D eigenvalue weighted by Crippen LogP contribution is 2.29. The number of ether oxygens (including phenoxy) is 1. The quantitative estimate of drug-likeness (QED) is 0.600. The van der Waals surface area contributed by atoms with Crippen LogP contribution < -0.4 is 4.74 Å². The predicted octanol–water partition coefficient (Wildman–Crippen LogP) is 4.77. The van der Waals surface area contributed by atoms with Crippen molar-refractivity contribution in [1.29, 1.82) is 0 Å². The van der Waals surface area contributed by atoms with Gasteiger partial charge < -0.3 is 14.5 Å². The minimum absolute atomic E-state index is 0.0397. The third-order valence-electron chi connectivity index (χ3n) is 5.66. The van der Waals surface area contributed by atoms with E-state index >= 15 is 0 Å². The van der Waals surface area contributed by atoms with Gasteiger partial charge in [0.25, 0.3) is 0 Å². The van der Waals surface area contributed by atoms with Gasteiger partial charge in [-0.3, -0.25) is 4.79 Å². The van der Waals surface area contributed by atoms with Gasteiger partial charge in [0.15, 0.2) is 0 Å². The van der Waals surface area contributed by atoms with E-state index in [0.717, 1.165) is 43.1 Å². The minimum atomic E-state index is -4.36. The molecule has 2 aromatic rings. The van der Waals surface area contributed by atoms with Crippen molar-refractivity contribution in [1.82, 2.24) is 9.80 Å². The Morgan fingerprint density at radius 1 is 0.968 bits per heavy atom. The van der Waals surface area contributed by atoms with E-state index < -0.39 is 11.7 Å². The number of carbonyl (C=O) groups is 1. The molecule has 3 rings (SSSR count). The van der Waals surface area contributed by atoms with Crippen LogP contribution in [0.4, 0.5) is 13.2 Å². The van der Waals surface area contributed by atoms with Crippen LogP contribution in [-0.2, 0) is 23.9 Å². The van der Waals surface area contributed by atoms with Gasteiger partial charge in [-0.2, -0.15) is 13.2 Å². The van der Waals surface area contributed by atoms with Gasteiger partial charge >= 0.3 is 6.18 Å². The number of hydrogen-bond acceptors (Lipinski definition) is 3. The van der Waals surface area contributed by atoms with Crippen LogP contribution >= 0.6 is 0 Å². The summed E-state index contributed by atoms with van der Waals surface area (Å²) in [5.41, 5.74) is 0.886. The molecular weight excluding hydrogens is 405 g/mol. The molecule has 31 heavy (non-hydrogen) atoms. The van der Waals surface area contributed by atoms with Crippen molar-refractivity contribution < 1.29 is 22.7 Å². The van der Waals surface area contributed by atoms with Gasteiger partial charge in [0, 0.05) is 19.6 Å². The molecule has 0 unspecified atom stereocenters. The number of hydrogen-bond donors (Lipinski definition) is 0. The lowest BCUT2D eigenvalue weighted by Crippen LogP contribution is -2.40. The molecule has 1 fully saturated rings. The van der Waals surface area contributed by atoms with E-state index in [4.69, 9.17) is 4.74 Å². The van der Waals surface area contributed by atoms with Crippen molar-refractivity contribution in [3.8, 4) is 5.75 Å². The second-order valence-corrected chi connectivity index (χ2v) is 7.94. The predicted molar refractivity (Wildman–Crippen MR) is 114 cm³/mol. The van der Waals surface area contributed by atoms with E-state index in [2.05, 4.69) is 4.90 Å². The molecule has 0 radical (unpaired) electrons. The zero-order valence-electron chi connectivity index (χ0n) is 17.8. The molecule has 0 bridgehead atoms. The molecular formula is C24H29F3N2O2. The Balaban J connectivity index is 1.68. The monoisotopic (exact) mass is 434 g/mol. The third-order valence-corrected chi connectivity index (χ3v) is 5.66. The van der Waals surface area contributed by atoms with Gasteiger partial charge in [0.1, 0.15) is 5.75 Å². The second kappa shape index (κ2) is 10.7. The van der Waals surface area contributed by atoms with Crippen LogP contribution in [0.15, 0.2) is 48.5 Å². The number of carbonyl (C=O) groups excluding carboxylic acids is 1. The number of alkyl halides is 3. The normalized spacial score (nSPS) is 15.0.